The van der Waals surface area contributed by atoms with Gasteiger partial charge in [0.2, 0.25) is 11.0 Å². The first-order chi connectivity index (χ1) is 20.2. The van der Waals surface area contributed by atoms with Crippen molar-refractivity contribution in [2.45, 2.75) is 29.5 Å². The van der Waals surface area contributed by atoms with Crippen molar-refractivity contribution in [1.82, 2.24) is 10.2 Å². The Morgan fingerprint density at radius 3 is 2.71 bits per heavy atom. The minimum absolute atomic E-state index is 0.0273. The van der Waals surface area contributed by atoms with Gasteiger partial charge in [-0.15, -0.1) is 10.2 Å². The highest BCUT2D eigenvalue weighted by atomic mass is 35.5. The topological polar surface area (TPSA) is 143 Å². The molecule has 2 aromatic carbocycles. The Balaban J connectivity index is 1.39. The highest BCUT2D eigenvalue weighted by Gasteiger charge is 2.41. The number of anilines is 2. The van der Waals surface area contributed by atoms with E-state index in [4.69, 9.17) is 38.4 Å². The monoisotopic (exact) mass is 642 g/mol. The number of hydrogen-bond donors (Lipinski definition) is 2. The standard InChI is InChI=1S/C28H24Cl2N6O4S2/c1-39-21-11-22(40-2)18(10-17(21)30)33-23(38)13-41-28-35-34-27(42-28)36-19-7-4-8-20(37)25(19)24(16(12-31)26(36)32)14-5-3-6-15(29)9-14/h3,5-6,9-11,24H,4,7-8,13,32H2,1-2H3,(H,33,38). The summed E-state index contributed by atoms with van der Waals surface area (Å²) in [5.74, 6) is 0.0512. The number of benzene rings is 2. The summed E-state index contributed by atoms with van der Waals surface area (Å²) in [4.78, 5) is 27.7. The fourth-order valence-corrected chi connectivity index (χ4v) is 7.07. The van der Waals surface area contributed by atoms with E-state index >= 15 is 0 Å². The number of aromatic nitrogens is 2. The molecule has 0 spiro atoms. The van der Waals surface area contributed by atoms with E-state index in [1.165, 1.54) is 37.3 Å². The van der Waals surface area contributed by atoms with E-state index in [1.807, 2.05) is 6.07 Å². The number of carbonyl (C=O) groups is 2. The van der Waals surface area contributed by atoms with Crippen LogP contribution in [0.25, 0.3) is 0 Å². The molecule has 0 saturated heterocycles. The first-order valence-corrected chi connectivity index (χ1v) is 15.2. The SMILES string of the molecule is COc1cc(OC)c(NC(=O)CSc2nnc(N3C(N)=C(C#N)C(c4cccc(Cl)c4)C4=C3CCCC4=O)s2)cc1Cl. The van der Waals surface area contributed by atoms with Crippen molar-refractivity contribution in [3.63, 3.8) is 0 Å². The van der Waals surface area contributed by atoms with E-state index in [9.17, 15) is 14.9 Å². The summed E-state index contributed by atoms with van der Waals surface area (Å²) in [5, 5.41) is 22.7. The molecule has 1 amide bonds. The van der Waals surface area contributed by atoms with Crippen LogP contribution in [0, 0.1) is 11.3 Å². The smallest absolute Gasteiger partial charge is 0.234 e. The van der Waals surface area contributed by atoms with Gasteiger partial charge in [-0.3, -0.25) is 14.5 Å². The molecule has 1 unspecified atom stereocenters. The fourth-order valence-electron chi connectivity index (χ4n) is 4.95. The maximum atomic E-state index is 13.3. The molecule has 14 heteroatoms. The molecule has 1 atom stereocenters. The number of carbonyl (C=O) groups excluding carboxylic acids is 2. The third-order valence-corrected chi connectivity index (χ3v) is 9.33. The fraction of sp³-hybridized carbons (Fsp3) is 0.250. The summed E-state index contributed by atoms with van der Waals surface area (Å²) < 4.78 is 11.0. The number of methoxy groups -OCH3 is 2. The van der Waals surface area contributed by atoms with E-state index in [0.29, 0.717) is 67.2 Å². The Hall–Kier alpha value is -3.76. The number of ketones is 1. The maximum absolute atomic E-state index is 13.3. The van der Waals surface area contributed by atoms with Gasteiger partial charge in [-0.1, -0.05) is 58.4 Å². The molecule has 0 fully saturated rings. The van der Waals surface area contributed by atoms with Crippen molar-refractivity contribution in [2.75, 3.05) is 30.2 Å². The van der Waals surface area contributed by atoms with Crippen LogP contribution in [0.1, 0.15) is 30.7 Å². The number of Topliss-reactive ketones (excluding diaryl/α,β-unsaturated/α-hetero) is 1. The minimum atomic E-state index is -0.623. The highest BCUT2D eigenvalue weighted by Crippen LogP contribution is 2.47. The lowest BCUT2D eigenvalue weighted by molar-refractivity contribution is -0.116. The third-order valence-electron chi connectivity index (χ3n) is 6.76. The average molecular weight is 644 g/mol. The first kappa shape index (κ1) is 29.7. The Morgan fingerprint density at radius 2 is 2.00 bits per heavy atom. The Labute approximate surface area is 260 Å². The molecule has 42 heavy (non-hydrogen) atoms. The van der Waals surface area contributed by atoms with Crippen LogP contribution in [0.4, 0.5) is 10.8 Å². The molecule has 1 aromatic heterocycles. The number of thioether (sulfide) groups is 1. The van der Waals surface area contributed by atoms with E-state index in [0.717, 1.165) is 5.56 Å². The molecular weight excluding hydrogens is 619 g/mol. The number of ether oxygens (including phenoxy) is 2. The number of nitriles is 1. The minimum Gasteiger partial charge on any atom is -0.495 e. The van der Waals surface area contributed by atoms with Crippen molar-refractivity contribution < 1.29 is 19.1 Å². The summed E-state index contributed by atoms with van der Waals surface area (Å²) in [6, 6.07) is 12.5. The lowest BCUT2D eigenvalue weighted by Gasteiger charge is -2.38. The molecule has 1 aliphatic heterocycles. The van der Waals surface area contributed by atoms with Crippen molar-refractivity contribution in [2.24, 2.45) is 5.73 Å². The second kappa shape index (κ2) is 12.6. The van der Waals surface area contributed by atoms with Crippen molar-refractivity contribution in [1.29, 1.82) is 5.26 Å². The van der Waals surface area contributed by atoms with Gasteiger partial charge in [0.1, 0.15) is 17.3 Å². The predicted octanol–water partition coefficient (Wildman–Crippen LogP) is 5.90. The van der Waals surface area contributed by atoms with Gasteiger partial charge in [0, 0.05) is 28.8 Å². The first-order valence-electron chi connectivity index (χ1n) is 12.6. The number of rotatable bonds is 8. The quantitative estimate of drug-likeness (QED) is 0.285. The van der Waals surface area contributed by atoms with Crippen LogP contribution in [0.2, 0.25) is 10.0 Å². The lowest BCUT2D eigenvalue weighted by atomic mass is 9.76. The number of nitrogens with two attached hydrogens (primary N) is 1. The van der Waals surface area contributed by atoms with Crippen LogP contribution in [0.15, 0.2) is 63.4 Å². The molecule has 0 bridgehead atoms. The van der Waals surface area contributed by atoms with Gasteiger partial charge in [-0.2, -0.15) is 5.26 Å². The van der Waals surface area contributed by atoms with Gasteiger partial charge in [0.05, 0.1) is 48.2 Å². The molecular formula is C28H24Cl2N6O4S2. The second-order valence-electron chi connectivity index (χ2n) is 9.25. The molecule has 5 rings (SSSR count). The van der Waals surface area contributed by atoms with Crippen molar-refractivity contribution >= 4 is 68.8 Å². The number of nitrogens with one attached hydrogen (secondary N) is 1. The maximum Gasteiger partial charge on any atom is 0.234 e. The predicted molar refractivity (Wildman–Crippen MR) is 163 cm³/mol. The van der Waals surface area contributed by atoms with E-state index < -0.39 is 5.92 Å². The molecule has 2 aliphatic rings. The zero-order valence-electron chi connectivity index (χ0n) is 22.4. The highest BCUT2D eigenvalue weighted by molar-refractivity contribution is 8.01. The number of hydrogen-bond acceptors (Lipinski definition) is 11. The van der Waals surface area contributed by atoms with Gasteiger partial charge < -0.3 is 20.5 Å². The van der Waals surface area contributed by atoms with Gasteiger partial charge in [-0.25, -0.2) is 0 Å². The van der Waals surface area contributed by atoms with Gasteiger partial charge >= 0.3 is 0 Å². The number of allylic oxidation sites excluding steroid dienone is 3. The van der Waals surface area contributed by atoms with Crippen LogP contribution in [-0.2, 0) is 9.59 Å². The molecule has 0 saturated carbocycles. The van der Waals surface area contributed by atoms with E-state index in [1.54, 1.807) is 35.2 Å². The molecule has 3 aromatic rings. The van der Waals surface area contributed by atoms with Gasteiger partial charge in [0.15, 0.2) is 10.1 Å². The zero-order chi connectivity index (χ0) is 30.0. The van der Waals surface area contributed by atoms with E-state index in [-0.39, 0.29) is 28.8 Å². The van der Waals surface area contributed by atoms with Crippen molar-refractivity contribution in [3.05, 3.63) is 74.7 Å². The Kier molecular flexibility index (Phi) is 8.93. The molecule has 216 valence electrons. The molecule has 3 N–H and O–H groups in total. The van der Waals surface area contributed by atoms with Crippen LogP contribution in [-0.4, -0.2) is 41.9 Å². The number of nitrogens with zero attached hydrogens (tertiary/aromatic N) is 4. The molecule has 0 radical (unpaired) electrons. The molecule has 10 nitrogen and oxygen atoms in total. The molecule has 2 heterocycles. The van der Waals surface area contributed by atoms with Crippen LogP contribution < -0.4 is 25.4 Å². The van der Waals surface area contributed by atoms with Gasteiger partial charge in [-0.05, 0) is 36.6 Å². The summed E-state index contributed by atoms with van der Waals surface area (Å²) in [7, 11) is 2.97. The molecule has 1 aliphatic carbocycles. The number of amides is 1. The third kappa shape index (κ3) is 5.78. The van der Waals surface area contributed by atoms with Crippen LogP contribution in [0.5, 0.6) is 11.5 Å². The lowest BCUT2D eigenvalue weighted by Crippen LogP contribution is -2.38. The summed E-state index contributed by atoms with van der Waals surface area (Å²) in [5.41, 5.74) is 9.18. The second-order valence-corrected chi connectivity index (χ2v) is 12.3. The van der Waals surface area contributed by atoms with E-state index in [2.05, 4.69) is 21.6 Å². The van der Waals surface area contributed by atoms with Crippen LogP contribution in [0.3, 0.4) is 0 Å². The zero-order valence-corrected chi connectivity index (χ0v) is 25.6. The Morgan fingerprint density at radius 1 is 1.21 bits per heavy atom. The number of halogens is 2. The normalized spacial score (nSPS) is 16.7. The summed E-state index contributed by atoms with van der Waals surface area (Å²) in [6.07, 6.45) is 1.60. The largest absolute Gasteiger partial charge is 0.495 e. The van der Waals surface area contributed by atoms with Crippen molar-refractivity contribution in [3.8, 4) is 17.6 Å². The Bertz CT molecular complexity index is 1680. The summed E-state index contributed by atoms with van der Waals surface area (Å²) >= 11 is 14.9. The summed E-state index contributed by atoms with van der Waals surface area (Å²) in [6.45, 7) is 0. The van der Waals surface area contributed by atoms with Gasteiger partial charge in [0.25, 0.3) is 0 Å². The average Bonchev–Trinajstić information content (AvgIpc) is 3.44. The van der Waals surface area contributed by atoms with Crippen LogP contribution >= 0.6 is 46.3 Å².